The molecule has 0 aliphatic heterocycles. The van der Waals surface area contributed by atoms with Crippen LogP contribution in [-0.4, -0.2) is 59.3 Å². The highest BCUT2D eigenvalue weighted by molar-refractivity contribution is 5.87. The van der Waals surface area contributed by atoms with E-state index in [9.17, 15) is 19.2 Å². The van der Waals surface area contributed by atoms with E-state index >= 15 is 0 Å². The minimum Gasteiger partial charge on any atom is -0.480 e. The molecule has 0 heterocycles. The molecule has 51 heavy (non-hydrogen) atoms. The van der Waals surface area contributed by atoms with Gasteiger partial charge < -0.3 is 25.6 Å². The Kier molecular flexibility index (Phi) is 34.7. The van der Waals surface area contributed by atoms with Gasteiger partial charge in [0.25, 0.3) is 0 Å². The predicted molar refractivity (Wildman–Crippen MR) is 208 cm³/mol. The first kappa shape index (κ1) is 48.1. The van der Waals surface area contributed by atoms with Gasteiger partial charge in [0.1, 0.15) is 12.1 Å². The first-order chi connectivity index (χ1) is 24.8. The van der Waals surface area contributed by atoms with E-state index in [2.05, 4.69) is 54.9 Å². The second-order valence-corrected chi connectivity index (χ2v) is 13.7. The van der Waals surface area contributed by atoms with Crippen molar-refractivity contribution in [2.75, 3.05) is 13.2 Å². The lowest BCUT2D eigenvalue weighted by Crippen LogP contribution is -2.47. The second-order valence-electron chi connectivity index (χ2n) is 13.7. The van der Waals surface area contributed by atoms with Gasteiger partial charge in [0.15, 0.2) is 0 Å². The molecular formula is C42H74N2O7. The van der Waals surface area contributed by atoms with Crippen molar-refractivity contribution >= 4 is 23.8 Å². The highest BCUT2D eigenvalue weighted by Crippen LogP contribution is 2.15. The Morgan fingerprint density at radius 2 is 1.12 bits per heavy atom. The summed E-state index contributed by atoms with van der Waals surface area (Å²) in [4.78, 5) is 47.4. The lowest BCUT2D eigenvalue weighted by Gasteiger charge is -2.15. The maximum atomic E-state index is 12.7. The van der Waals surface area contributed by atoms with E-state index in [0.717, 1.165) is 64.2 Å². The average Bonchev–Trinajstić information content (AvgIpc) is 3.11. The zero-order valence-corrected chi connectivity index (χ0v) is 32.4. The number of esters is 1. The Hall–Kier alpha value is -2.94. The molecule has 2 unspecified atom stereocenters. The number of nitrogens with one attached hydrogen (secondary N) is 2. The average molecular weight is 719 g/mol. The Labute approximate surface area is 310 Å². The van der Waals surface area contributed by atoms with Crippen LogP contribution < -0.4 is 10.6 Å². The Morgan fingerprint density at radius 3 is 1.73 bits per heavy atom. The van der Waals surface area contributed by atoms with Crippen LogP contribution in [0.1, 0.15) is 181 Å². The zero-order valence-electron chi connectivity index (χ0n) is 32.4. The van der Waals surface area contributed by atoms with E-state index < -0.39 is 24.5 Å². The SMILES string of the molecule is CCCCC/C=C\C/C=C\C(CCCCCCC(=O)NCC(=O)NC(CO)C(=O)O)OC(=O)CCCCCCC/C=C\CCCCCCCCC. The summed E-state index contributed by atoms with van der Waals surface area (Å²) in [6.45, 7) is 3.40. The van der Waals surface area contributed by atoms with Crippen molar-refractivity contribution in [3.8, 4) is 0 Å². The first-order valence-electron chi connectivity index (χ1n) is 20.4. The maximum Gasteiger partial charge on any atom is 0.328 e. The van der Waals surface area contributed by atoms with Gasteiger partial charge in [-0.25, -0.2) is 4.79 Å². The summed E-state index contributed by atoms with van der Waals surface area (Å²) in [6, 6.07) is -1.39. The van der Waals surface area contributed by atoms with E-state index in [4.69, 9.17) is 14.9 Å². The number of unbranched alkanes of at least 4 members (excludes halogenated alkanes) is 18. The van der Waals surface area contributed by atoms with Crippen LogP contribution in [0, 0.1) is 0 Å². The third-order valence-electron chi connectivity index (χ3n) is 8.84. The molecule has 0 radical (unpaired) electrons. The van der Waals surface area contributed by atoms with Crippen LogP contribution in [-0.2, 0) is 23.9 Å². The standard InChI is InChI=1S/C42H74N2O7/c1-3-5-7-9-11-13-14-15-16-17-18-19-20-22-24-30-34-41(48)51-37(31-27-23-21-12-10-8-6-4-2)32-28-25-26-29-33-39(46)43-35-40(47)44-38(36-45)42(49)50/h12,16-17,21,27,31,37-38,45H,3-11,13-15,18-20,22-26,28-30,32-36H2,1-2H3,(H,43,46)(H,44,47)(H,49,50)/b17-16-,21-12-,31-27-. The van der Waals surface area contributed by atoms with Gasteiger partial charge in [0.2, 0.25) is 11.8 Å². The summed E-state index contributed by atoms with van der Waals surface area (Å²) in [7, 11) is 0. The summed E-state index contributed by atoms with van der Waals surface area (Å²) >= 11 is 0. The van der Waals surface area contributed by atoms with Crippen molar-refractivity contribution in [1.82, 2.24) is 10.6 Å². The summed E-state index contributed by atoms with van der Waals surface area (Å²) in [5.41, 5.74) is 0. The van der Waals surface area contributed by atoms with E-state index in [1.165, 1.54) is 83.5 Å². The number of ether oxygens (including phenoxy) is 1. The Bertz CT molecular complexity index is 963. The Balaban J connectivity index is 4.30. The summed E-state index contributed by atoms with van der Waals surface area (Å²) < 4.78 is 5.87. The monoisotopic (exact) mass is 719 g/mol. The third-order valence-corrected chi connectivity index (χ3v) is 8.84. The molecule has 4 N–H and O–H groups in total. The third kappa shape index (κ3) is 33.9. The van der Waals surface area contributed by atoms with Crippen LogP contribution in [0.5, 0.6) is 0 Å². The number of rotatable bonds is 36. The molecule has 294 valence electrons. The topological polar surface area (TPSA) is 142 Å². The number of carbonyl (C=O) groups is 4. The molecule has 0 fully saturated rings. The smallest absolute Gasteiger partial charge is 0.328 e. The van der Waals surface area contributed by atoms with Crippen LogP contribution in [0.3, 0.4) is 0 Å². The minimum absolute atomic E-state index is 0.137. The van der Waals surface area contributed by atoms with Crippen molar-refractivity contribution < 1.29 is 34.1 Å². The molecule has 2 atom stereocenters. The number of hydrogen-bond acceptors (Lipinski definition) is 6. The molecule has 0 rings (SSSR count). The number of carboxylic acids is 1. The van der Waals surface area contributed by atoms with Crippen molar-refractivity contribution in [3.05, 3.63) is 36.5 Å². The number of amides is 2. The van der Waals surface area contributed by atoms with Gasteiger partial charge >= 0.3 is 11.9 Å². The number of hydrogen-bond donors (Lipinski definition) is 4. The fourth-order valence-electron chi connectivity index (χ4n) is 5.66. The largest absolute Gasteiger partial charge is 0.480 e. The highest BCUT2D eigenvalue weighted by atomic mass is 16.5. The number of aliphatic hydroxyl groups excluding tert-OH is 1. The summed E-state index contributed by atoms with van der Waals surface area (Å²) in [5.74, 6) is -2.43. The van der Waals surface area contributed by atoms with Gasteiger partial charge in [-0.15, -0.1) is 0 Å². The molecule has 0 aliphatic rings. The number of carbonyl (C=O) groups excluding carboxylic acids is 3. The Morgan fingerprint density at radius 1 is 0.608 bits per heavy atom. The number of aliphatic hydroxyl groups is 1. The number of allylic oxidation sites excluding steroid dienone is 5. The predicted octanol–water partition coefficient (Wildman–Crippen LogP) is 9.43. The van der Waals surface area contributed by atoms with Crippen molar-refractivity contribution in [2.24, 2.45) is 0 Å². The van der Waals surface area contributed by atoms with Crippen LogP contribution >= 0.6 is 0 Å². The van der Waals surface area contributed by atoms with Gasteiger partial charge in [-0.1, -0.05) is 128 Å². The molecule has 0 saturated heterocycles. The van der Waals surface area contributed by atoms with Crippen molar-refractivity contribution in [1.29, 1.82) is 0 Å². The number of carboxylic acid groups (broad SMARTS) is 1. The van der Waals surface area contributed by atoms with Crippen LogP contribution in [0.2, 0.25) is 0 Å². The van der Waals surface area contributed by atoms with Crippen LogP contribution in [0.15, 0.2) is 36.5 Å². The van der Waals surface area contributed by atoms with Crippen LogP contribution in [0.4, 0.5) is 0 Å². The van der Waals surface area contributed by atoms with E-state index in [1.807, 2.05) is 6.08 Å². The van der Waals surface area contributed by atoms with Gasteiger partial charge in [-0.2, -0.15) is 0 Å². The lowest BCUT2D eigenvalue weighted by molar-refractivity contribution is -0.147. The quantitative estimate of drug-likeness (QED) is 0.0287. The lowest BCUT2D eigenvalue weighted by atomic mass is 10.1. The molecule has 0 bridgehead atoms. The van der Waals surface area contributed by atoms with Gasteiger partial charge in [-0.3, -0.25) is 14.4 Å². The highest BCUT2D eigenvalue weighted by Gasteiger charge is 2.18. The minimum atomic E-state index is -1.39. The second kappa shape index (κ2) is 36.8. The van der Waals surface area contributed by atoms with Gasteiger partial charge in [-0.05, 0) is 76.7 Å². The van der Waals surface area contributed by atoms with Crippen molar-refractivity contribution in [3.63, 3.8) is 0 Å². The molecule has 9 nitrogen and oxygen atoms in total. The first-order valence-corrected chi connectivity index (χ1v) is 20.4. The van der Waals surface area contributed by atoms with Crippen molar-refractivity contribution in [2.45, 2.75) is 193 Å². The molecule has 0 spiro atoms. The van der Waals surface area contributed by atoms with E-state index in [-0.39, 0.29) is 30.9 Å². The fourth-order valence-corrected chi connectivity index (χ4v) is 5.66. The fraction of sp³-hybridized carbons (Fsp3) is 0.762. The molecule has 0 saturated carbocycles. The number of aliphatic carboxylic acids is 1. The van der Waals surface area contributed by atoms with E-state index in [1.54, 1.807) is 0 Å². The summed E-state index contributed by atoms with van der Waals surface area (Å²) in [5, 5.41) is 22.5. The maximum absolute atomic E-state index is 12.7. The molecule has 0 aromatic heterocycles. The molecule has 0 aromatic rings. The molecule has 0 aromatic carbocycles. The van der Waals surface area contributed by atoms with Gasteiger partial charge in [0.05, 0.1) is 13.2 Å². The normalized spacial score (nSPS) is 12.8. The van der Waals surface area contributed by atoms with Gasteiger partial charge in [0, 0.05) is 12.8 Å². The molecule has 2 amide bonds. The van der Waals surface area contributed by atoms with E-state index in [0.29, 0.717) is 12.8 Å². The van der Waals surface area contributed by atoms with Crippen LogP contribution in [0.25, 0.3) is 0 Å². The zero-order chi connectivity index (χ0) is 37.6. The molecular weight excluding hydrogens is 644 g/mol. The summed E-state index contributed by atoms with van der Waals surface area (Å²) in [6.07, 6.45) is 40.5. The molecule has 9 heteroatoms. The molecule has 0 aliphatic carbocycles.